The summed E-state index contributed by atoms with van der Waals surface area (Å²) < 4.78 is 2.48. The average molecular weight is 354 g/mol. The highest BCUT2D eigenvalue weighted by molar-refractivity contribution is 5.90. The Balaban J connectivity index is 0.00000120. The molecule has 3 heteroatoms. The van der Waals surface area contributed by atoms with Crippen LogP contribution in [0.5, 0.6) is 0 Å². The Morgan fingerprint density at radius 1 is 1.22 bits per heavy atom. The summed E-state index contributed by atoms with van der Waals surface area (Å²) in [5.74, 6) is 0. The van der Waals surface area contributed by atoms with Gasteiger partial charge >= 0.3 is 0 Å². The van der Waals surface area contributed by atoms with Crippen molar-refractivity contribution >= 4 is 16.6 Å². The fraction of sp³-hybridized carbons (Fsp3) is 0.400. The number of rotatable bonds is 2. The number of anilines is 1. The first-order chi connectivity index (χ1) is 8.33. The van der Waals surface area contributed by atoms with Gasteiger partial charge in [0.2, 0.25) is 5.52 Å². The highest BCUT2D eigenvalue weighted by Gasteiger charge is 2.27. The number of nitrogens with two attached hydrogens (primary N) is 1. The molecule has 0 saturated heterocycles. The third-order valence-electron chi connectivity index (χ3n) is 3.77. The number of nitrogens with zero attached hydrogens (tertiary/aromatic N) is 1. The van der Waals surface area contributed by atoms with E-state index in [-0.39, 0.29) is 24.0 Å². The number of halogens is 1. The molecule has 0 unspecified atom stereocenters. The Labute approximate surface area is 125 Å². The molecule has 96 valence electrons. The smallest absolute Gasteiger partial charge is 0.214 e. The number of aromatic nitrogens is 1. The summed E-state index contributed by atoms with van der Waals surface area (Å²) in [6.45, 7) is 3.34. The van der Waals surface area contributed by atoms with Gasteiger partial charge in [0.15, 0.2) is 5.69 Å². The molecule has 18 heavy (non-hydrogen) atoms. The predicted octanol–water partition coefficient (Wildman–Crippen LogP) is -0.388. The van der Waals surface area contributed by atoms with Crippen molar-refractivity contribution in [1.82, 2.24) is 0 Å². The fourth-order valence-corrected chi connectivity index (χ4v) is 3.04. The molecule has 2 aromatic rings. The summed E-state index contributed by atoms with van der Waals surface area (Å²) >= 11 is 0. The molecule has 3 rings (SSSR count). The minimum absolute atomic E-state index is 0. The normalized spacial score (nSPS) is 13.4. The summed E-state index contributed by atoms with van der Waals surface area (Å²) in [6, 6.07) is 8.53. The van der Waals surface area contributed by atoms with Crippen LogP contribution in [0.1, 0.15) is 31.0 Å². The van der Waals surface area contributed by atoms with Crippen molar-refractivity contribution in [2.24, 2.45) is 0 Å². The lowest BCUT2D eigenvalue weighted by molar-refractivity contribution is -0.678. The zero-order valence-electron chi connectivity index (χ0n) is 10.7. The number of nitrogen functional groups attached to an aromatic ring is 1. The summed E-state index contributed by atoms with van der Waals surface area (Å²) in [4.78, 5) is 0. The highest BCUT2D eigenvalue weighted by atomic mass is 127. The van der Waals surface area contributed by atoms with Gasteiger partial charge < -0.3 is 29.7 Å². The molecule has 0 bridgehead atoms. The van der Waals surface area contributed by atoms with Crippen molar-refractivity contribution in [3.63, 3.8) is 0 Å². The standard InChI is InChI=1S/C15H18N2.HI/c1-2-10-17-13-8-4-3-6-11(13)15(16)12-7-5-9-14(12)17;/h3-4,6,8,16H,2,5,7,9-10H2,1H3;1H. The van der Waals surface area contributed by atoms with Gasteiger partial charge in [0.05, 0.1) is 11.1 Å². The van der Waals surface area contributed by atoms with E-state index in [0.29, 0.717) is 0 Å². The minimum Gasteiger partial charge on any atom is -1.00 e. The van der Waals surface area contributed by atoms with Gasteiger partial charge in [-0.15, -0.1) is 0 Å². The maximum atomic E-state index is 6.32. The molecule has 0 spiro atoms. The van der Waals surface area contributed by atoms with Gasteiger partial charge in [-0.1, -0.05) is 19.1 Å². The summed E-state index contributed by atoms with van der Waals surface area (Å²) in [5.41, 5.74) is 11.5. The number of aryl methyl sites for hydroxylation is 1. The van der Waals surface area contributed by atoms with Gasteiger partial charge in [0, 0.05) is 24.5 Å². The highest BCUT2D eigenvalue weighted by Crippen LogP contribution is 2.30. The molecule has 1 aliphatic rings. The van der Waals surface area contributed by atoms with Gasteiger partial charge in [0.1, 0.15) is 6.54 Å². The first kappa shape index (κ1) is 13.6. The van der Waals surface area contributed by atoms with Gasteiger partial charge in [0.25, 0.3) is 0 Å². The van der Waals surface area contributed by atoms with Gasteiger partial charge in [-0.05, 0) is 18.9 Å². The molecule has 0 amide bonds. The lowest BCUT2D eigenvalue weighted by Crippen LogP contribution is -3.00. The van der Waals surface area contributed by atoms with E-state index in [1.165, 1.54) is 41.4 Å². The average Bonchev–Trinajstić information content (AvgIpc) is 2.84. The van der Waals surface area contributed by atoms with Crippen molar-refractivity contribution in [3.05, 3.63) is 35.5 Å². The van der Waals surface area contributed by atoms with Crippen LogP contribution < -0.4 is 34.3 Å². The van der Waals surface area contributed by atoms with Crippen molar-refractivity contribution in [1.29, 1.82) is 0 Å². The van der Waals surface area contributed by atoms with Crippen LogP contribution in [0.2, 0.25) is 0 Å². The van der Waals surface area contributed by atoms with Gasteiger partial charge in [-0.25, -0.2) is 0 Å². The Morgan fingerprint density at radius 3 is 2.78 bits per heavy atom. The molecular formula is C15H19IN2. The third-order valence-corrected chi connectivity index (χ3v) is 3.77. The Hall–Kier alpha value is -0.840. The van der Waals surface area contributed by atoms with Crippen LogP contribution in [0.25, 0.3) is 10.9 Å². The fourth-order valence-electron chi connectivity index (χ4n) is 3.04. The number of hydrogen-bond acceptors (Lipinski definition) is 1. The summed E-state index contributed by atoms with van der Waals surface area (Å²) in [7, 11) is 0. The largest absolute Gasteiger partial charge is 1.00 e. The van der Waals surface area contributed by atoms with E-state index in [2.05, 4.69) is 35.8 Å². The molecule has 1 aromatic heterocycles. The third kappa shape index (κ3) is 1.98. The SMILES string of the molecule is CCC[n+]1c2c(c(N)c3ccccc31)CCC2.[I-]. The van der Waals surface area contributed by atoms with Crippen LogP contribution in [-0.2, 0) is 19.4 Å². The van der Waals surface area contributed by atoms with Crippen LogP contribution in [0.15, 0.2) is 24.3 Å². The Kier molecular flexibility index (Phi) is 4.10. The van der Waals surface area contributed by atoms with Crippen LogP contribution in [-0.4, -0.2) is 0 Å². The van der Waals surface area contributed by atoms with Crippen LogP contribution >= 0.6 is 0 Å². The van der Waals surface area contributed by atoms with E-state index >= 15 is 0 Å². The van der Waals surface area contributed by atoms with E-state index in [4.69, 9.17) is 5.73 Å². The summed E-state index contributed by atoms with van der Waals surface area (Å²) in [5, 5.41) is 1.22. The molecule has 1 aromatic carbocycles. The number of fused-ring (bicyclic) bond motifs is 2. The first-order valence-corrected chi connectivity index (χ1v) is 6.54. The van der Waals surface area contributed by atoms with Crippen LogP contribution in [0.3, 0.4) is 0 Å². The second kappa shape index (κ2) is 5.43. The molecule has 0 radical (unpaired) electrons. The second-order valence-electron chi connectivity index (χ2n) is 4.86. The Bertz CT molecular complexity index is 578. The number of para-hydroxylation sites is 1. The molecule has 1 aliphatic carbocycles. The Morgan fingerprint density at radius 2 is 2.00 bits per heavy atom. The lowest BCUT2D eigenvalue weighted by atomic mass is 10.1. The topological polar surface area (TPSA) is 29.9 Å². The zero-order chi connectivity index (χ0) is 11.8. The summed E-state index contributed by atoms with van der Waals surface area (Å²) in [6.07, 6.45) is 4.75. The van der Waals surface area contributed by atoms with Crippen LogP contribution in [0.4, 0.5) is 5.69 Å². The second-order valence-corrected chi connectivity index (χ2v) is 4.86. The quantitative estimate of drug-likeness (QED) is 0.578. The monoisotopic (exact) mass is 354 g/mol. The molecule has 2 nitrogen and oxygen atoms in total. The van der Waals surface area contributed by atoms with E-state index in [9.17, 15) is 0 Å². The van der Waals surface area contributed by atoms with Crippen molar-refractivity contribution < 1.29 is 28.5 Å². The van der Waals surface area contributed by atoms with Crippen molar-refractivity contribution in [2.75, 3.05) is 5.73 Å². The molecular weight excluding hydrogens is 335 g/mol. The van der Waals surface area contributed by atoms with Gasteiger partial charge in [-0.3, -0.25) is 0 Å². The molecule has 0 atom stereocenters. The molecule has 0 fully saturated rings. The van der Waals surface area contributed by atoms with E-state index in [1.807, 2.05) is 0 Å². The van der Waals surface area contributed by atoms with Crippen LogP contribution in [0, 0.1) is 0 Å². The lowest BCUT2D eigenvalue weighted by Gasteiger charge is -2.09. The maximum Gasteiger partial charge on any atom is 0.214 e. The predicted molar refractivity (Wildman–Crippen MR) is 70.9 cm³/mol. The zero-order valence-corrected chi connectivity index (χ0v) is 12.9. The molecule has 1 heterocycles. The van der Waals surface area contributed by atoms with Crippen molar-refractivity contribution in [2.45, 2.75) is 39.2 Å². The van der Waals surface area contributed by atoms with E-state index in [1.54, 1.807) is 0 Å². The molecule has 0 aliphatic heterocycles. The maximum absolute atomic E-state index is 6.32. The number of benzene rings is 1. The van der Waals surface area contributed by atoms with Crippen molar-refractivity contribution in [3.8, 4) is 0 Å². The van der Waals surface area contributed by atoms with E-state index < -0.39 is 0 Å². The molecule has 0 saturated carbocycles. The number of pyridine rings is 1. The van der Waals surface area contributed by atoms with Gasteiger partial charge in [-0.2, -0.15) is 4.57 Å². The minimum atomic E-state index is 0. The molecule has 2 N–H and O–H groups in total. The number of hydrogen-bond donors (Lipinski definition) is 1. The first-order valence-electron chi connectivity index (χ1n) is 6.54. The van der Waals surface area contributed by atoms with E-state index in [0.717, 1.165) is 18.7 Å².